The van der Waals surface area contributed by atoms with Crippen molar-refractivity contribution in [1.82, 2.24) is 0 Å². The Labute approximate surface area is 243 Å². The number of ether oxygens (including phenoxy) is 1. The highest BCUT2D eigenvalue weighted by Gasteiger charge is 2.61. The number of allylic oxidation sites excluding steroid dienone is 4. The molecule has 2 aliphatic carbocycles. The Hall–Kier alpha value is -3.98. The molecule has 0 radical (unpaired) electrons. The molecule has 3 aliphatic heterocycles. The summed E-state index contributed by atoms with van der Waals surface area (Å²) in [7, 11) is 0. The molecule has 3 heterocycles. The van der Waals surface area contributed by atoms with Crippen LogP contribution in [0.25, 0.3) is 16.7 Å². The molecular weight excluding hydrogens is 497 g/mol. The summed E-state index contributed by atoms with van der Waals surface area (Å²) in [5.74, 6) is 2.06. The number of nitrogens with zero attached hydrogens (tertiary/aromatic N) is 1. The van der Waals surface area contributed by atoms with Crippen LogP contribution in [0, 0.1) is 0 Å². The third-order valence-electron chi connectivity index (χ3n) is 11.2. The van der Waals surface area contributed by atoms with Crippen molar-refractivity contribution in [3.63, 3.8) is 0 Å². The molecule has 9 rings (SSSR count). The molecule has 1 fully saturated rings. The van der Waals surface area contributed by atoms with E-state index in [4.69, 9.17) is 4.74 Å². The average Bonchev–Trinajstić information content (AvgIpc) is 3.24. The van der Waals surface area contributed by atoms with Crippen LogP contribution in [0.5, 0.6) is 11.5 Å². The van der Waals surface area contributed by atoms with E-state index in [9.17, 15) is 0 Å². The van der Waals surface area contributed by atoms with E-state index < -0.39 is 0 Å². The fourth-order valence-electron chi connectivity index (χ4n) is 8.97. The van der Waals surface area contributed by atoms with E-state index in [1.165, 1.54) is 81.3 Å². The van der Waals surface area contributed by atoms with Gasteiger partial charge in [-0.3, -0.25) is 0 Å². The largest absolute Gasteiger partial charge is 0.458 e. The van der Waals surface area contributed by atoms with Gasteiger partial charge in [-0.25, -0.2) is 0 Å². The molecule has 2 atom stereocenters. The van der Waals surface area contributed by atoms with Crippen molar-refractivity contribution in [3.05, 3.63) is 108 Å². The van der Waals surface area contributed by atoms with E-state index in [1.807, 2.05) is 0 Å². The topological polar surface area (TPSA) is 12.5 Å². The first-order chi connectivity index (χ1) is 20.1. The molecule has 0 aromatic heterocycles. The van der Waals surface area contributed by atoms with Gasteiger partial charge in [0, 0.05) is 27.9 Å². The van der Waals surface area contributed by atoms with Crippen molar-refractivity contribution in [2.45, 2.75) is 63.3 Å². The fraction of sp³-hybridized carbons (Fsp3) is 0.263. The minimum atomic E-state index is -0.00270. The van der Waals surface area contributed by atoms with E-state index in [0.29, 0.717) is 0 Å². The van der Waals surface area contributed by atoms with Gasteiger partial charge in [-0.1, -0.05) is 105 Å². The maximum absolute atomic E-state index is 7.03. The van der Waals surface area contributed by atoms with E-state index >= 15 is 0 Å². The highest BCUT2D eigenvalue weighted by molar-refractivity contribution is 6.99. The van der Waals surface area contributed by atoms with Crippen LogP contribution in [-0.2, 0) is 5.41 Å². The number of anilines is 2. The number of rotatable bonds is 2. The Kier molecular flexibility index (Phi) is 4.79. The smallest absolute Gasteiger partial charge is 0.256 e. The first-order valence-corrected chi connectivity index (χ1v) is 15.4. The first-order valence-electron chi connectivity index (χ1n) is 15.4. The zero-order valence-electron chi connectivity index (χ0n) is 23.9. The van der Waals surface area contributed by atoms with Gasteiger partial charge in [-0.15, -0.1) is 0 Å². The second-order valence-corrected chi connectivity index (χ2v) is 13.1. The molecular formula is C38H34BNO. The zero-order valence-corrected chi connectivity index (χ0v) is 23.9. The second-order valence-electron chi connectivity index (χ2n) is 13.1. The average molecular weight is 532 g/mol. The van der Waals surface area contributed by atoms with Gasteiger partial charge in [-0.2, -0.15) is 0 Å². The Morgan fingerprint density at radius 3 is 2.46 bits per heavy atom. The molecule has 4 aromatic rings. The Morgan fingerprint density at radius 1 is 0.805 bits per heavy atom. The van der Waals surface area contributed by atoms with Crippen LogP contribution in [0.4, 0.5) is 11.4 Å². The predicted molar refractivity (Wildman–Crippen MR) is 172 cm³/mol. The number of benzene rings is 4. The molecule has 0 bridgehead atoms. The number of hydrogen-bond acceptors (Lipinski definition) is 2. The van der Waals surface area contributed by atoms with Gasteiger partial charge in [0.15, 0.2) is 0 Å². The van der Waals surface area contributed by atoms with E-state index in [2.05, 4.69) is 116 Å². The van der Waals surface area contributed by atoms with Gasteiger partial charge in [0.2, 0.25) is 0 Å². The van der Waals surface area contributed by atoms with E-state index in [0.717, 1.165) is 24.3 Å². The summed E-state index contributed by atoms with van der Waals surface area (Å²) in [4.78, 5) is 2.81. The van der Waals surface area contributed by atoms with Crippen LogP contribution in [0.15, 0.2) is 97.1 Å². The molecule has 0 saturated heterocycles. The van der Waals surface area contributed by atoms with Gasteiger partial charge >= 0.3 is 0 Å². The maximum Gasteiger partial charge on any atom is 0.256 e. The Morgan fingerprint density at radius 2 is 1.61 bits per heavy atom. The quantitative estimate of drug-likeness (QED) is 0.216. The molecule has 3 heteroatoms. The number of fused-ring (bicyclic) bond motifs is 7. The summed E-state index contributed by atoms with van der Waals surface area (Å²) in [6.45, 7) is 5.25. The van der Waals surface area contributed by atoms with Crippen molar-refractivity contribution in [2.24, 2.45) is 0 Å². The summed E-state index contributed by atoms with van der Waals surface area (Å²) in [6, 6.07) is 29.5. The van der Waals surface area contributed by atoms with Gasteiger partial charge < -0.3 is 9.64 Å². The van der Waals surface area contributed by atoms with E-state index in [1.54, 1.807) is 0 Å². The van der Waals surface area contributed by atoms with Crippen molar-refractivity contribution < 1.29 is 4.74 Å². The Bertz CT molecular complexity index is 1820. The molecule has 4 aromatic carbocycles. The maximum atomic E-state index is 7.03. The molecule has 5 aliphatic rings. The fourth-order valence-corrected chi connectivity index (χ4v) is 8.97. The van der Waals surface area contributed by atoms with Crippen molar-refractivity contribution in [2.75, 3.05) is 4.90 Å². The van der Waals surface area contributed by atoms with E-state index in [-0.39, 0.29) is 17.7 Å². The standard InChI is InChI=1S/C38H34BNO/c1-37-22-11-12-23-38(37,2)40-34-27(25-14-5-3-6-15-25)24-28(26-16-7-4-8-17-26)36-33(34)39(30-19-9-10-21-32(30)41-36)31-20-13-18-29(37)35(31)40/h3-7,9-10,13-16,18-21,24H,8,11-12,17,22-23H2,1-2H3. The first kappa shape index (κ1) is 23.7. The zero-order chi connectivity index (χ0) is 27.3. The molecule has 0 amide bonds. The molecule has 0 spiro atoms. The monoisotopic (exact) mass is 531 g/mol. The van der Waals surface area contributed by atoms with Crippen LogP contribution in [0.1, 0.15) is 63.5 Å². The molecule has 2 unspecified atom stereocenters. The molecule has 1 saturated carbocycles. The summed E-state index contributed by atoms with van der Waals surface area (Å²) in [6.07, 6.45) is 13.9. The SMILES string of the molecule is CC12CCCCC1(C)N1c3c(cccc32)B2c3ccccc3Oc3c(C4=CC=CCC4)cc(-c4ccccc4)c1c32. The van der Waals surface area contributed by atoms with Crippen LogP contribution in [0.2, 0.25) is 0 Å². The highest BCUT2D eigenvalue weighted by atomic mass is 16.5. The molecule has 0 N–H and O–H groups in total. The second kappa shape index (κ2) is 8.29. The molecule has 200 valence electrons. The van der Waals surface area contributed by atoms with Crippen molar-refractivity contribution in [1.29, 1.82) is 0 Å². The Balaban J connectivity index is 1.46. The lowest BCUT2D eigenvalue weighted by atomic mass is 9.33. The van der Waals surface area contributed by atoms with Gasteiger partial charge in [0.25, 0.3) is 6.71 Å². The van der Waals surface area contributed by atoms with Crippen LogP contribution in [0.3, 0.4) is 0 Å². The van der Waals surface area contributed by atoms with Gasteiger partial charge in [0.1, 0.15) is 11.5 Å². The highest BCUT2D eigenvalue weighted by Crippen LogP contribution is 2.62. The molecule has 41 heavy (non-hydrogen) atoms. The summed E-state index contributed by atoms with van der Waals surface area (Å²) in [5, 5.41) is 0. The lowest BCUT2D eigenvalue weighted by molar-refractivity contribution is 0.195. The third-order valence-corrected chi connectivity index (χ3v) is 11.2. The minimum absolute atomic E-state index is 0.00270. The lowest BCUT2D eigenvalue weighted by Gasteiger charge is -2.52. The van der Waals surface area contributed by atoms with Gasteiger partial charge in [-0.05, 0) is 77.8 Å². The van der Waals surface area contributed by atoms with Gasteiger partial charge in [0.05, 0.1) is 5.54 Å². The van der Waals surface area contributed by atoms with Crippen LogP contribution >= 0.6 is 0 Å². The van der Waals surface area contributed by atoms with Crippen molar-refractivity contribution >= 4 is 40.0 Å². The number of para-hydroxylation sites is 2. The summed E-state index contributed by atoms with van der Waals surface area (Å²) >= 11 is 0. The van der Waals surface area contributed by atoms with Crippen molar-refractivity contribution in [3.8, 4) is 22.6 Å². The summed E-state index contributed by atoms with van der Waals surface area (Å²) in [5.41, 5.74) is 13.8. The molecule has 2 nitrogen and oxygen atoms in total. The lowest BCUT2D eigenvalue weighted by Crippen LogP contribution is -2.63. The normalized spacial score (nSPS) is 24.6. The minimum Gasteiger partial charge on any atom is -0.458 e. The number of hydrogen-bond donors (Lipinski definition) is 0. The predicted octanol–water partition coefficient (Wildman–Crippen LogP) is 7.76. The van der Waals surface area contributed by atoms with Crippen LogP contribution < -0.4 is 26.0 Å². The summed E-state index contributed by atoms with van der Waals surface area (Å²) < 4.78 is 7.03. The third kappa shape index (κ3) is 2.94. The van der Waals surface area contributed by atoms with Crippen LogP contribution in [-0.4, -0.2) is 12.3 Å².